The van der Waals surface area contributed by atoms with Crippen LogP contribution in [0.25, 0.3) is 0 Å². The van der Waals surface area contributed by atoms with Gasteiger partial charge in [-0.15, -0.1) is 0 Å². The van der Waals surface area contributed by atoms with Gasteiger partial charge in [-0.05, 0) is 55.5 Å². The Morgan fingerprint density at radius 1 is 1.35 bits per heavy atom. The van der Waals surface area contributed by atoms with Crippen molar-refractivity contribution in [2.24, 2.45) is 5.92 Å². The molecule has 0 radical (unpaired) electrons. The summed E-state index contributed by atoms with van der Waals surface area (Å²) in [6.45, 7) is 1.96. The van der Waals surface area contributed by atoms with Gasteiger partial charge in [0.25, 0.3) is 0 Å². The highest BCUT2D eigenvalue weighted by Crippen LogP contribution is 2.21. The summed E-state index contributed by atoms with van der Waals surface area (Å²) in [5.74, 6) is 0.790. The van der Waals surface area contributed by atoms with Gasteiger partial charge < -0.3 is 5.32 Å². The van der Waals surface area contributed by atoms with Gasteiger partial charge in [0.1, 0.15) is 0 Å². The van der Waals surface area contributed by atoms with E-state index in [4.69, 9.17) is 11.6 Å². The molecule has 2 rings (SSSR count). The summed E-state index contributed by atoms with van der Waals surface area (Å²) < 4.78 is 1.12. The number of benzene rings is 1. The van der Waals surface area contributed by atoms with Crippen LogP contribution in [0.5, 0.6) is 0 Å². The Morgan fingerprint density at radius 2 is 2.24 bits per heavy atom. The van der Waals surface area contributed by atoms with E-state index >= 15 is 0 Å². The summed E-state index contributed by atoms with van der Waals surface area (Å²) in [5.41, 5.74) is 1.23. The van der Waals surface area contributed by atoms with Crippen LogP contribution in [-0.4, -0.2) is 6.54 Å². The molecule has 0 saturated carbocycles. The lowest BCUT2D eigenvalue weighted by Gasteiger charge is -2.18. The van der Waals surface area contributed by atoms with Crippen molar-refractivity contribution in [3.8, 4) is 0 Å². The van der Waals surface area contributed by atoms with Crippen molar-refractivity contribution in [2.45, 2.75) is 25.8 Å². The largest absolute Gasteiger partial charge is 0.312 e. The minimum absolute atomic E-state index is 0.790. The van der Waals surface area contributed by atoms with Crippen molar-refractivity contribution < 1.29 is 0 Å². The first-order valence-electron chi connectivity index (χ1n) is 6.05. The van der Waals surface area contributed by atoms with Crippen LogP contribution in [0.15, 0.2) is 34.8 Å². The third-order valence-corrected chi connectivity index (χ3v) is 4.14. The maximum atomic E-state index is 5.99. The van der Waals surface area contributed by atoms with E-state index in [0.717, 1.165) is 28.5 Å². The van der Waals surface area contributed by atoms with E-state index in [1.54, 1.807) is 0 Å². The maximum Gasteiger partial charge on any atom is 0.0410 e. The second-order valence-electron chi connectivity index (χ2n) is 4.52. The number of hydrogen-bond donors (Lipinski definition) is 1. The highest BCUT2D eigenvalue weighted by molar-refractivity contribution is 9.10. The molecule has 0 fully saturated rings. The fourth-order valence-electron chi connectivity index (χ4n) is 2.13. The zero-order valence-corrected chi connectivity index (χ0v) is 12.1. The van der Waals surface area contributed by atoms with Crippen molar-refractivity contribution in [1.29, 1.82) is 0 Å². The van der Waals surface area contributed by atoms with E-state index in [0.29, 0.717) is 0 Å². The van der Waals surface area contributed by atoms with E-state index in [1.165, 1.54) is 24.8 Å². The second kappa shape index (κ2) is 6.58. The van der Waals surface area contributed by atoms with Crippen molar-refractivity contribution >= 4 is 27.5 Å². The maximum absolute atomic E-state index is 5.99. The molecule has 1 aliphatic carbocycles. The Labute approximate surface area is 116 Å². The molecule has 1 aliphatic rings. The zero-order chi connectivity index (χ0) is 12.1. The number of rotatable bonds is 4. The zero-order valence-electron chi connectivity index (χ0n) is 9.76. The van der Waals surface area contributed by atoms with Crippen molar-refractivity contribution in [3.63, 3.8) is 0 Å². The van der Waals surface area contributed by atoms with Crippen molar-refractivity contribution in [2.75, 3.05) is 6.54 Å². The first-order valence-corrected chi connectivity index (χ1v) is 7.22. The molecule has 0 heterocycles. The van der Waals surface area contributed by atoms with Crippen LogP contribution in [0, 0.1) is 5.92 Å². The summed E-state index contributed by atoms with van der Waals surface area (Å²) in [7, 11) is 0. The fraction of sp³-hybridized carbons (Fsp3) is 0.429. The number of allylic oxidation sites excluding steroid dienone is 2. The molecule has 17 heavy (non-hydrogen) atoms. The van der Waals surface area contributed by atoms with E-state index in [9.17, 15) is 0 Å². The highest BCUT2D eigenvalue weighted by Gasteiger charge is 2.09. The summed E-state index contributed by atoms with van der Waals surface area (Å²) in [4.78, 5) is 0. The van der Waals surface area contributed by atoms with Gasteiger partial charge in [0, 0.05) is 16.0 Å². The smallest absolute Gasteiger partial charge is 0.0410 e. The molecule has 1 aromatic carbocycles. The molecule has 1 N–H and O–H groups in total. The Bertz CT molecular complexity index is 403. The van der Waals surface area contributed by atoms with Crippen molar-refractivity contribution in [1.82, 2.24) is 5.32 Å². The van der Waals surface area contributed by atoms with Crippen LogP contribution < -0.4 is 5.32 Å². The number of halogens is 2. The lowest BCUT2D eigenvalue weighted by atomic mass is 9.94. The molecule has 1 nitrogen and oxygen atoms in total. The third-order valence-electron chi connectivity index (χ3n) is 3.13. The van der Waals surface area contributed by atoms with Crippen LogP contribution in [0.2, 0.25) is 5.02 Å². The summed E-state index contributed by atoms with van der Waals surface area (Å²) in [6, 6.07) is 5.92. The van der Waals surface area contributed by atoms with Crippen LogP contribution in [0.3, 0.4) is 0 Å². The van der Waals surface area contributed by atoms with E-state index in [-0.39, 0.29) is 0 Å². The predicted octanol–water partition coefficient (Wildman–Crippen LogP) is 4.55. The molecular formula is C14H17BrClN. The Balaban J connectivity index is 1.81. The summed E-state index contributed by atoms with van der Waals surface area (Å²) in [6.07, 6.45) is 8.33. The lowest BCUT2D eigenvalue weighted by molar-refractivity contribution is 0.440. The minimum Gasteiger partial charge on any atom is -0.312 e. The van der Waals surface area contributed by atoms with E-state index in [2.05, 4.69) is 33.4 Å². The molecule has 0 aromatic heterocycles. The SMILES string of the molecule is Clc1ccc(Br)c(CNCC2CC=CCC2)c1. The minimum atomic E-state index is 0.790. The number of hydrogen-bond acceptors (Lipinski definition) is 1. The Morgan fingerprint density at radius 3 is 3.00 bits per heavy atom. The van der Waals surface area contributed by atoms with Gasteiger partial charge in [0.15, 0.2) is 0 Å². The molecule has 1 aromatic rings. The van der Waals surface area contributed by atoms with Gasteiger partial charge >= 0.3 is 0 Å². The standard InChI is InChI=1S/C14H17BrClN/c15-14-7-6-13(16)8-12(14)10-17-9-11-4-2-1-3-5-11/h1-2,6-8,11,17H,3-5,9-10H2. The van der Waals surface area contributed by atoms with Crippen LogP contribution in [0.1, 0.15) is 24.8 Å². The highest BCUT2D eigenvalue weighted by atomic mass is 79.9. The van der Waals surface area contributed by atoms with Crippen LogP contribution in [0.4, 0.5) is 0 Å². The lowest BCUT2D eigenvalue weighted by Crippen LogP contribution is -2.23. The van der Waals surface area contributed by atoms with E-state index < -0.39 is 0 Å². The van der Waals surface area contributed by atoms with Gasteiger partial charge in [-0.25, -0.2) is 0 Å². The predicted molar refractivity (Wildman–Crippen MR) is 77.3 cm³/mol. The molecule has 0 spiro atoms. The topological polar surface area (TPSA) is 12.0 Å². The summed E-state index contributed by atoms with van der Waals surface area (Å²) in [5, 5.41) is 4.31. The first-order chi connectivity index (χ1) is 8.25. The first kappa shape index (κ1) is 13.1. The van der Waals surface area contributed by atoms with Gasteiger partial charge in [0.05, 0.1) is 0 Å². The molecule has 0 aliphatic heterocycles. The molecular weight excluding hydrogens is 298 g/mol. The molecule has 1 atom stereocenters. The van der Waals surface area contributed by atoms with Gasteiger partial charge in [-0.1, -0.05) is 39.7 Å². The normalized spacial score (nSPS) is 19.5. The molecule has 0 saturated heterocycles. The third kappa shape index (κ3) is 4.13. The molecule has 92 valence electrons. The Hall–Kier alpha value is -0.310. The van der Waals surface area contributed by atoms with E-state index in [1.807, 2.05) is 18.2 Å². The van der Waals surface area contributed by atoms with Crippen LogP contribution in [-0.2, 0) is 6.54 Å². The molecule has 0 amide bonds. The average Bonchev–Trinajstić information content (AvgIpc) is 2.35. The molecule has 1 unspecified atom stereocenters. The summed E-state index contributed by atoms with van der Waals surface area (Å²) >= 11 is 9.53. The second-order valence-corrected chi connectivity index (χ2v) is 5.81. The van der Waals surface area contributed by atoms with Crippen LogP contribution >= 0.6 is 27.5 Å². The number of nitrogens with one attached hydrogen (secondary N) is 1. The van der Waals surface area contributed by atoms with Crippen molar-refractivity contribution in [3.05, 3.63) is 45.4 Å². The van der Waals surface area contributed by atoms with Gasteiger partial charge in [-0.2, -0.15) is 0 Å². The Kier molecular flexibility index (Phi) is 5.08. The monoisotopic (exact) mass is 313 g/mol. The van der Waals surface area contributed by atoms with Gasteiger partial charge in [-0.3, -0.25) is 0 Å². The van der Waals surface area contributed by atoms with Gasteiger partial charge in [0.2, 0.25) is 0 Å². The molecule has 3 heteroatoms. The average molecular weight is 315 g/mol. The molecule has 0 bridgehead atoms. The fourth-order valence-corrected chi connectivity index (χ4v) is 2.71. The quantitative estimate of drug-likeness (QED) is 0.804.